The van der Waals surface area contributed by atoms with Crippen LogP contribution in [0, 0.1) is 5.41 Å². The number of carboxylic acid groups (broad SMARTS) is 1. The molecule has 146 valence electrons. The van der Waals surface area contributed by atoms with E-state index in [1.165, 1.54) is 36.5 Å². The number of aromatic hydroxyl groups is 1. The third-order valence-corrected chi connectivity index (χ3v) is 4.23. The molecule has 0 aromatic heterocycles. The maximum atomic E-state index is 12.5. The fraction of sp³-hybridized carbons (Fsp3) is 0.0476. The molecule has 0 heterocycles. The van der Waals surface area contributed by atoms with Crippen LogP contribution in [0.1, 0.15) is 17.3 Å². The lowest BCUT2D eigenvalue weighted by molar-refractivity contribution is -0.475. The lowest BCUT2D eigenvalue weighted by atomic mass is 10.1. The first-order valence-electron chi connectivity index (χ1n) is 8.69. The van der Waals surface area contributed by atoms with E-state index >= 15 is 0 Å². The third-order valence-electron chi connectivity index (χ3n) is 4.23. The summed E-state index contributed by atoms with van der Waals surface area (Å²) in [5.41, 5.74) is 3.38. The van der Waals surface area contributed by atoms with Crippen molar-refractivity contribution in [3.63, 3.8) is 0 Å². The van der Waals surface area contributed by atoms with E-state index < -0.39 is 11.9 Å². The number of hydrogen-bond acceptors (Lipinski definition) is 6. The monoisotopic (exact) mass is 391 g/mol. The van der Waals surface area contributed by atoms with Crippen molar-refractivity contribution >= 4 is 45.4 Å². The summed E-state index contributed by atoms with van der Waals surface area (Å²) in [6.07, 6.45) is 0. The van der Waals surface area contributed by atoms with E-state index in [4.69, 9.17) is 10.5 Å². The Balaban J connectivity index is 1.81. The highest BCUT2D eigenvalue weighted by atomic mass is 16.4. The molecule has 0 bridgehead atoms. The van der Waals surface area contributed by atoms with Crippen LogP contribution in [0.15, 0.2) is 65.8 Å². The number of fused-ring (bicyclic) bond motifs is 1. The predicted octanol–water partition coefficient (Wildman–Crippen LogP) is 2.47. The summed E-state index contributed by atoms with van der Waals surface area (Å²) in [6.45, 7) is 1.43. The molecule has 0 radical (unpaired) electrons. The molecule has 0 atom stereocenters. The van der Waals surface area contributed by atoms with Gasteiger partial charge in [0.1, 0.15) is 11.4 Å². The van der Waals surface area contributed by atoms with Crippen LogP contribution in [-0.2, 0) is 4.79 Å². The van der Waals surface area contributed by atoms with Gasteiger partial charge in [-0.05, 0) is 30.5 Å². The standard InChI is InChI=1S/C21H18N4O4/c1-12(22)18(20(27)23-15-9-6-14(7-10-15)21(28)29)25-24-17-11-8-13-4-2-3-5-16(13)19(17)26/h2-11,22,24,26H,1H3,(H,23,27)(H,28,29)/p+1. The Bertz CT molecular complexity index is 1140. The molecule has 0 aliphatic rings. The van der Waals surface area contributed by atoms with Gasteiger partial charge in [-0.2, -0.15) is 5.10 Å². The fourth-order valence-electron chi connectivity index (χ4n) is 2.73. The molecule has 0 saturated carbocycles. The Labute approximate surface area is 166 Å². The average molecular weight is 391 g/mol. The molecular formula is C21H19N4O4+. The summed E-state index contributed by atoms with van der Waals surface area (Å²) in [5.74, 6) is -1.58. The van der Waals surface area contributed by atoms with Gasteiger partial charge in [-0.15, -0.1) is 0 Å². The Morgan fingerprint density at radius 2 is 1.72 bits per heavy atom. The number of rotatable bonds is 6. The number of phenolic OH excluding ortho intramolecular Hbond substituents is 1. The second-order valence-electron chi connectivity index (χ2n) is 6.32. The summed E-state index contributed by atoms with van der Waals surface area (Å²) >= 11 is 0. The van der Waals surface area contributed by atoms with Crippen LogP contribution in [0.5, 0.6) is 5.75 Å². The van der Waals surface area contributed by atoms with Crippen molar-refractivity contribution in [2.45, 2.75) is 6.92 Å². The van der Waals surface area contributed by atoms with Crippen LogP contribution in [0.3, 0.4) is 0 Å². The molecular weight excluding hydrogens is 372 g/mol. The largest absolute Gasteiger partial charge is 0.505 e. The summed E-state index contributed by atoms with van der Waals surface area (Å²) in [4.78, 5) is 23.5. The summed E-state index contributed by atoms with van der Waals surface area (Å²) < 4.78 is 0. The molecule has 0 aliphatic heterocycles. The van der Waals surface area contributed by atoms with Gasteiger partial charge in [0.15, 0.2) is 0 Å². The van der Waals surface area contributed by atoms with Gasteiger partial charge in [-0.3, -0.25) is 5.43 Å². The number of carbonyl (C=O) groups is 2. The van der Waals surface area contributed by atoms with Crippen LogP contribution in [-0.4, -0.2) is 33.5 Å². The van der Waals surface area contributed by atoms with Gasteiger partial charge in [-0.25, -0.2) is 14.9 Å². The minimum atomic E-state index is -1.06. The average Bonchev–Trinajstić information content (AvgIpc) is 2.70. The molecule has 0 unspecified atom stereocenters. The molecule has 0 saturated heterocycles. The number of anilines is 1. The maximum absolute atomic E-state index is 12.5. The van der Waals surface area contributed by atoms with Gasteiger partial charge in [0.25, 0.3) is 0 Å². The molecule has 0 aliphatic carbocycles. The van der Waals surface area contributed by atoms with E-state index in [0.717, 1.165) is 5.39 Å². The van der Waals surface area contributed by atoms with Crippen molar-refractivity contribution < 1.29 is 25.1 Å². The maximum Gasteiger partial charge on any atom is 0.369 e. The van der Waals surface area contributed by atoms with E-state index in [0.29, 0.717) is 16.8 Å². The van der Waals surface area contributed by atoms with E-state index in [1.807, 2.05) is 18.2 Å². The van der Waals surface area contributed by atoms with E-state index in [9.17, 15) is 14.7 Å². The van der Waals surface area contributed by atoms with Crippen molar-refractivity contribution in [2.75, 3.05) is 5.43 Å². The smallest absolute Gasteiger partial charge is 0.369 e. The summed E-state index contributed by atoms with van der Waals surface area (Å²) in [5, 5.41) is 34.0. The first-order valence-corrected chi connectivity index (χ1v) is 8.69. The highest BCUT2D eigenvalue weighted by Gasteiger charge is 2.20. The second kappa shape index (κ2) is 8.32. The van der Waals surface area contributed by atoms with Crippen molar-refractivity contribution in [3.05, 3.63) is 66.2 Å². The molecule has 3 aromatic carbocycles. The third kappa shape index (κ3) is 4.45. The Morgan fingerprint density at radius 3 is 2.38 bits per heavy atom. The van der Waals surface area contributed by atoms with E-state index in [-0.39, 0.29) is 22.7 Å². The highest BCUT2D eigenvalue weighted by molar-refractivity contribution is 6.64. The number of aromatic carboxylic acids is 1. The number of carbonyl (C=O) groups excluding carboxylic acids is 1. The first kappa shape index (κ1) is 19.7. The fourth-order valence-corrected chi connectivity index (χ4v) is 2.73. The molecule has 6 N–H and O–H groups in total. The topological polar surface area (TPSA) is 139 Å². The van der Waals surface area contributed by atoms with E-state index in [2.05, 4.69) is 10.5 Å². The van der Waals surface area contributed by atoms with Crippen LogP contribution >= 0.6 is 0 Å². The quantitative estimate of drug-likeness (QED) is 0.190. The Hall–Kier alpha value is -4.04. The molecule has 3 rings (SSSR count). The Morgan fingerprint density at radius 1 is 1.03 bits per heavy atom. The number of phenols is 1. The lowest BCUT2D eigenvalue weighted by Crippen LogP contribution is -2.84. The van der Waals surface area contributed by atoms with Gasteiger partial charge >= 0.3 is 11.9 Å². The Kier molecular flexibility index (Phi) is 5.66. The number of benzene rings is 3. The van der Waals surface area contributed by atoms with Crippen molar-refractivity contribution in [3.8, 4) is 5.75 Å². The second-order valence-corrected chi connectivity index (χ2v) is 6.32. The molecule has 0 spiro atoms. The van der Waals surface area contributed by atoms with Gasteiger partial charge in [0, 0.05) is 17.5 Å². The zero-order valence-corrected chi connectivity index (χ0v) is 15.5. The van der Waals surface area contributed by atoms with E-state index in [1.54, 1.807) is 18.2 Å². The number of hydrazone groups is 1. The number of amides is 1. The normalized spacial score (nSPS) is 11.3. The molecule has 8 heteroatoms. The molecule has 3 aromatic rings. The minimum absolute atomic E-state index is 0.00507. The number of hydrogen-bond donors (Lipinski definition) is 5. The molecule has 8 nitrogen and oxygen atoms in total. The highest BCUT2D eigenvalue weighted by Crippen LogP contribution is 2.32. The summed E-state index contributed by atoms with van der Waals surface area (Å²) in [6, 6.07) is 16.5. The van der Waals surface area contributed by atoms with Crippen LogP contribution in [0.4, 0.5) is 11.4 Å². The predicted molar refractivity (Wildman–Crippen MR) is 110 cm³/mol. The molecule has 1 amide bonds. The van der Waals surface area contributed by atoms with Crippen molar-refractivity contribution in [1.82, 2.24) is 0 Å². The number of quaternary nitrogens is 1. The van der Waals surface area contributed by atoms with Gasteiger partial charge in [0.05, 0.1) is 17.0 Å². The van der Waals surface area contributed by atoms with Gasteiger partial charge in [-0.1, -0.05) is 30.3 Å². The van der Waals surface area contributed by atoms with Crippen molar-refractivity contribution in [2.24, 2.45) is 5.10 Å². The van der Waals surface area contributed by atoms with Gasteiger partial charge < -0.3 is 15.6 Å². The summed E-state index contributed by atoms with van der Waals surface area (Å²) in [7, 11) is 0. The SMILES string of the molecule is CC(=N)C(=NNc1ccc2ccccc2c1O)C(=O)[NH2+]c1ccc(C(=O)O)cc1. The van der Waals surface area contributed by atoms with Gasteiger partial charge in [0.2, 0.25) is 5.71 Å². The van der Waals surface area contributed by atoms with Crippen LogP contribution < -0.4 is 10.7 Å². The number of nitrogens with zero attached hydrogens (tertiary/aromatic N) is 1. The molecule has 0 fully saturated rings. The number of nitrogens with two attached hydrogens (primary N) is 1. The number of primary amides is 1. The zero-order valence-electron chi connectivity index (χ0n) is 15.5. The first-order chi connectivity index (χ1) is 13.9. The number of carboxylic acids is 1. The molecule has 29 heavy (non-hydrogen) atoms. The van der Waals surface area contributed by atoms with Crippen LogP contribution in [0.25, 0.3) is 10.8 Å². The van der Waals surface area contributed by atoms with Crippen LogP contribution in [0.2, 0.25) is 0 Å². The number of nitrogens with one attached hydrogen (secondary N) is 2. The minimum Gasteiger partial charge on any atom is -0.505 e. The lowest BCUT2D eigenvalue weighted by Gasteiger charge is -2.08. The zero-order chi connectivity index (χ0) is 21.0. The van der Waals surface area contributed by atoms with Crippen molar-refractivity contribution in [1.29, 1.82) is 5.41 Å².